The van der Waals surface area contributed by atoms with E-state index in [2.05, 4.69) is 52.5 Å². The molecule has 3 rings (SSSR count). The van der Waals surface area contributed by atoms with Gasteiger partial charge in [0.25, 0.3) is 5.91 Å². The van der Waals surface area contributed by atoms with Crippen LogP contribution in [0.1, 0.15) is 49.2 Å². The van der Waals surface area contributed by atoms with Crippen LogP contribution in [0, 0.1) is 0 Å². The first kappa shape index (κ1) is 16.4. The molecule has 0 fully saturated rings. The summed E-state index contributed by atoms with van der Waals surface area (Å²) in [4.78, 5) is 14.3. The van der Waals surface area contributed by atoms with Crippen molar-refractivity contribution >= 4 is 17.4 Å². The molecule has 24 heavy (non-hydrogen) atoms. The second kappa shape index (κ2) is 7.43. The van der Waals surface area contributed by atoms with Gasteiger partial charge in [-0.15, -0.1) is 10.2 Å². The van der Waals surface area contributed by atoms with Gasteiger partial charge in [0, 0.05) is 18.3 Å². The number of aromatic nitrogens is 2. The predicted octanol–water partition coefficient (Wildman–Crippen LogP) is 3.48. The number of benzene rings is 1. The number of anilines is 2. The number of amides is 1. The summed E-state index contributed by atoms with van der Waals surface area (Å²) < 4.78 is 0. The predicted molar refractivity (Wildman–Crippen MR) is 95.6 cm³/mol. The van der Waals surface area contributed by atoms with Crippen molar-refractivity contribution < 1.29 is 4.79 Å². The Bertz CT molecular complexity index is 699. The third kappa shape index (κ3) is 3.40. The number of para-hydroxylation sites is 1. The van der Waals surface area contributed by atoms with E-state index in [1.54, 1.807) is 6.07 Å². The molecule has 126 valence electrons. The Labute approximate surface area is 143 Å². The van der Waals surface area contributed by atoms with Gasteiger partial charge in [0.05, 0.1) is 0 Å². The number of hydrogen-bond donors (Lipinski definition) is 1. The Morgan fingerprint density at radius 3 is 2.79 bits per heavy atom. The van der Waals surface area contributed by atoms with Crippen LogP contribution in [-0.4, -0.2) is 28.7 Å². The van der Waals surface area contributed by atoms with Crippen LogP contribution in [0.25, 0.3) is 0 Å². The zero-order valence-corrected chi connectivity index (χ0v) is 14.3. The molecular weight excluding hydrogens is 300 g/mol. The van der Waals surface area contributed by atoms with Crippen molar-refractivity contribution in [2.75, 3.05) is 11.4 Å². The number of carbonyl (C=O) groups excluding carboxylic acids is 1. The van der Waals surface area contributed by atoms with E-state index in [1.807, 2.05) is 12.1 Å². The number of carbonyl (C=O) groups is 1. The van der Waals surface area contributed by atoms with Crippen LogP contribution in [0.15, 0.2) is 36.4 Å². The molecular formula is C19H24N4O. The van der Waals surface area contributed by atoms with Crippen molar-refractivity contribution in [3.8, 4) is 0 Å². The van der Waals surface area contributed by atoms with E-state index < -0.39 is 0 Å². The van der Waals surface area contributed by atoms with E-state index in [1.165, 1.54) is 11.3 Å². The molecule has 0 aliphatic carbocycles. The highest BCUT2D eigenvalue weighted by Crippen LogP contribution is 2.36. The lowest BCUT2D eigenvalue weighted by Gasteiger charge is -2.23. The largest absolute Gasteiger partial charge is 0.351 e. The number of hydrogen-bond acceptors (Lipinski definition) is 4. The Hall–Kier alpha value is -2.43. The van der Waals surface area contributed by atoms with Gasteiger partial charge in [-0.1, -0.05) is 38.0 Å². The molecule has 1 unspecified atom stereocenters. The summed E-state index contributed by atoms with van der Waals surface area (Å²) in [5, 5.41) is 11.3. The minimum atomic E-state index is -0.153. The molecule has 0 spiro atoms. The SMILES string of the molecule is CCCCCNC(=O)c1ccc(N2c3ccccc3CC2C)nn1. The van der Waals surface area contributed by atoms with Crippen molar-refractivity contribution in [2.24, 2.45) is 0 Å². The third-order valence-corrected chi connectivity index (χ3v) is 4.40. The highest BCUT2D eigenvalue weighted by Gasteiger charge is 2.27. The molecule has 1 aliphatic rings. The highest BCUT2D eigenvalue weighted by atomic mass is 16.1. The minimum Gasteiger partial charge on any atom is -0.351 e. The molecule has 1 aliphatic heterocycles. The highest BCUT2D eigenvalue weighted by molar-refractivity contribution is 5.92. The number of nitrogens with zero attached hydrogens (tertiary/aromatic N) is 3. The fourth-order valence-electron chi connectivity index (χ4n) is 3.16. The lowest BCUT2D eigenvalue weighted by Crippen LogP contribution is -2.27. The Morgan fingerprint density at radius 2 is 2.04 bits per heavy atom. The third-order valence-electron chi connectivity index (χ3n) is 4.40. The minimum absolute atomic E-state index is 0.153. The maximum atomic E-state index is 12.1. The first-order valence-electron chi connectivity index (χ1n) is 8.69. The van der Waals surface area contributed by atoms with Crippen molar-refractivity contribution in [3.63, 3.8) is 0 Å². The summed E-state index contributed by atoms with van der Waals surface area (Å²) in [6.07, 6.45) is 4.25. The maximum Gasteiger partial charge on any atom is 0.271 e. The van der Waals surface area contributed by atoms with Gasteiger partial charge in [0.15, 0.2) is 11.5 Å². The Balaban J connectivity index is 1.70. The number of rotatable bonds is 6. The molecule has 1 atom stereocenters. The van der Waals surface area contributed by atoms with Crippen molar-refractivity contribution in [3.05, 3.63) is 47.7 Å². The van der Waals surface area contributed by atoms with Crippen molar-refractivity contribution in [1.29, 1.82) is 0 Å². The summed E-state index contributed by atoms with van der Waals surface area (Å²) in [6, 6.07) is 12.3. The first-order chi connectivity index (χ1) is 11.7. The van der Waals surface area contributed by atoms with Gasteiger partial charge >= 0.3 is 0 Å². The molecule has 5 heteroatoms. The van der Waals surface area contributed by atoms with Gasteiger partial charge in [-0.05, 0) is 43.5 Å². The molecule has 0 bridgehead atoms. The normalized spacial score (nSPS) is 16.1. The molecule has 0 radical (unpaired) electrons. The summed E-state index contributed by atoms with van der Waals surface area (Å²) >= 11 is 0. The molecule has 5 nitrogen and oxygen atoms in total. The summed E-state index contributed by atoms with van der Waals surface area (Å²) in [6.45, 7) is 5.01. The lowest BCUT2D eigenvalue weighted by molar-refractivity contribution is 0.0947. The van der Waals surface area contributed by atoms with Gasteiger partial charge in [0.2, 0.25) is 0 Å². The molecule has 1 amide bonds. The molecule has 1 N–H and O–H groups in total. The van der Waals surface area contributed by atoms with Crippen molar-refractivity contribution in [2.45, 2.75) is 45.6 Å². The fraction of sp³-hybridized carbons (Fsp3) is 0.421. The zero-order chi connectivity index (χ0) is 16.9. The zero-order valence-electron chi connectivity index (χ0n) is 14.3. The van der Waals surface area contributed by atoms with Crippen LogP contribution < -0.4 is 10.2 Å². The molecule has 1 aromatic carbocycles. The van der Waals surface area contributed by atoms with Gasteiger partial charge < -0.3 is 10.2 Å². The average molecular weight is 324 g/mol. The topological polar surface area (TPSA) is 58.1 Å². The number of nitrogens with one attached hydrogen (secondary N) is 1. The van der Waals surface area contributed by atoms with E-state index in [-0.39, 0.29) is 5.91 Å². The van der Waals surface area contributed by atoms with Crippen LogP contribution in [0.5, 0.6) is 0 Å². The van der Waals surface area contributed by atoms with Crippen LogP contribution in [0.3, 0.4) is 0 Å². The number of unbranched alkanes of at least 4 members (excludes halogenated alkanes) is 2. The van der Waals surface area contributed by atoms with E-state index in [0.717, 1.165) is 31.5 Å². The van der Waals surface area contributed by atoms with Crippen LogP contribution in [-0.2, 0) is 6.42 Å². The van der Waals surface area contributed by atoms with E-state index in [4.69, 9.17) is 0 Å². The second-order valence-corrected chi connectivity index (χ2v) is 6.29. The maximum absolute atomic E-state index is 12.1. The Morgan fingerprint density at radius 1 is 1.21 bits per heavy atom. The van der Waals surface area contributed by atoms with Gasteiger partial charge in [-0.2, -0.15) is 0 Å². The van der Waals surface area contributed by atoms with E-state index >= 15 is 0 Å². The quantitative estimate of drug-likeness (QED) is 0.827. The van der Waals surface area contributed by atoms with Gasteiger partial charge in [-0.25, -0.2) is 0 Å². The molecule has 0 saturated heterocycles. The van der Waals surface area contributed by atoms with Crippen LogP contribution >= 0.6 is 0 Å². The molecule has 0 saturated carbocycles. The summed E-state index contributed by atoms with van der Waals surface area (Å²) in [5.74, 6) is 0.634. The number of fused-ring (bicyclic) bond motifs is 1. The standard InChI is InChI=1S/C19H24N4O/c1-3-4-7-12-20-19(24)16-10-11-18(22-21-16)23-14(2)13-15-8-5-6-9-17(15)23/h5-6,8-11,14H,3-4,7,12-13H2,1-2H3,(H,20,24). The summed E-state index contributed by atoms with van der Waals surface area (Å²) in [5.41, 5.74) is 2.87. The van der Waals surface area contributed by atoms with E-state index in [0.29, 0.717) is 18.3 Å². The second-order valence-electron chi connectivity index (χ2n) is 6.29. The van der Waals surface area contributed by atoms with Crippen LogP contribution in [0.4, 0.5) is 11.5 Å². The molecule has 2 aromatic rings. The monoisotopic (exact) mass is 324 g/mol. The molecule has 1 aromatic heterocycles. The van der Waals surface area contributed by atoms with Crippen molar-refractivity contribution in [1.82, 2.24) is 15.5 Å². The average Bonchev–Trinajstić information content (AvgIpc) is 2.94. The van der Waals surface area contributed by atoms with E-state index in [9.17, 15) is 4.79 Å². The first-order valence-corrected chi connectivity index (χ1v) is 8.69. The van der Waals surface area contributed by atoms with Gasteiger partial charge in [0.1, 0.15) is 0 Å². The van der Waals surface area contributed by atoms with Gasteiger partial charge in [-0.3, -0.25) is 4.79 Å². The smallest absolute Gasteiger partial charge is 0.271 e. The summed E-state index contributed by atoms with van der Waals surface area (Å²) in [7, 11) is 0. The lowest BCUT2D eigenvalue weighted by atomic mass is 10.1. The fourth-order valence-corrected chi connectivity index (χ4v) is 3.16. The molecule has 2 heterocycles. The Kier molecular flexibility index (Phi) is 5.08. The van der Waals surface area contributed by atoms with Crippen LogP contribution in [0.2, 0.25) is 0 Å².